The number of rotatable bonds is 6. The highest BCUT2D eigenvalue weighted by Crippen LogP contribution is 2.36. The van der Waals surface area contributed by atoms with Crippen LogP contribution in [0.25, 0.3) is 0 Å². The second kappa shape index (κ2) is 7.71. The maximum Gasteiger partial charge on any atom is 0.141 e. The zero-order chi connectivity index (χ0) is 12.6. The summed E-state index contributed by atoms with van der Waals surface area (Å²) in [6, 6.07) is 1.98. The van der Waals surface area contributed by atoms with E-state index in [-0.39, 0.29) is 0 Å². The predicted octanol–water partition coefficient (Wildman–Crippen LogP) is 2.17. The van der Waals surface area contributed by atoms with Crippen molar-refractivity contribution in [2.75, 3.05) is 26.0 Å². The molecule has 0 spiro atoms. The molecule has 2 rings (SSSR count). The lowest BCUT2D eigenvalue weighted by Crippen LogP contribution is -2.20. The first-order valence-corrected chi connectivity index (χ1v) is 7.58. The van der Waals surface area contributed by atoms with Crippen LogP contribution in [0.5, 0.6) is 0 Å². The molecule has 0 amide bonds. The second-order valence-corrected chi connectivity index (χ2v) is 5.74. The molecule has 18 heavy (non-hydrogen) atoms. The molecular formula is C13H21N3OS. The number of hydrogen-bond acceptors (Lipinski definition) is 5. The number of nitrogens with one attached hydrogen (secondary N) is 1. The predicted molar refractivity (Wildman–Crippen MR) is 74.7 cm³/mol. The molecule has 0 saturated carbocycles. The Kier molecular flexibility index (Phi) is 5.90. The molecule has 0 radical (unpaired) electrons. The standard InChI is InChI=1S/C13H21N3OS/c1-17-8-7-14-10-11-5-6-15-13(16-11)12-4-2-3-9-18-12/h5-6,12,14H,2-4,7-10H2,1H3. The Morgan fingerprint density at radius 3 is 3.22 bits per heavy atom. The SMILES string of the molecule is COCCNCc1ccnc(C2CCCCS2)n1. The fourth-order valence-corrected chi connectivity index (χ4v) is 3.25. The smallest absolute Gasteiger partial charge is 0.141 e. The quantitative estimate of drug-likeness (QED) is 0.800. The van der Waals surface area contributed by atoms with Gasteiger partial charge in [-0.3, -0.25) is 0 Å². The summed E-state index contributed by atoms with van der Waals surface area (Å²) in [5.41, 5.74) is 1.07. The van der Waals surface area contributed by atoms with E-state index in [2.05, 4.69) is 15.3 Å². The minimum Gasteiger partial charge on any atom is -0.383 e. The van der Waals surface area contributed by atoms with Crippen molar-refractivity contribution in [2.24, 2.45) is 0 Å². The van der Waals surface area contributed by atoms with Crippen LogP contribution in [0.1, 0.15) is 36.0 Å². The largest absolute Gasteiger partial charge is 0.383 e. The van der Waals surface area contributed by atoms with Gasteiger partial charge in [0.05, 0.1) is 17.6 Å². The number of aromatic nitrogens is 2. The lowest BCUT2D eigenvalue weighted by molar-refractivity contribution is 0.199. The van der Waals surface area contributed by atoms with Crippen LogP contribution >= 0.6 is 11.8 Å². The van der Waals surface area contributed by atoms with Crippen molar-refractivity contribution in [1.82, 2.24) is 15.3 Å². The zero-order valence-corrected chi connectivity index (χ0v) is 11.7. The van der Waals surface area contributed by atoms with Crippen molar-refractivity contribution in [3.63, 3.8) is 0 Å². The summed E-state index contributed by atoms with van der Waals surface area (Å²) in [4.78, 5) is 9.08. The summed E-state index contributed by atoms with van der Waals surface area (Å²) in [6.07, 6.45) is 5.73. The van der Waals surface area contributed by atoms with E-state index in [4.69, 9.17) is 4.74 Å². The fraction of sp³-hybridized carbons (Fsp3) is 0.692. The number of methoxy groups -OCH3 is 1. The lowest BCUT2D eigenvalue weighted by atomic mass is 10.2. The monoisotopic (exact) mass is 267 g/mol. The molecule has 1 aliphatic heterocycles. The summed E-state index contributed by atoms with van der Waals surface area (Å²) in [6.45, 7) is 2.38. The van der Waals surface area contributed by atoms with Gasteiger partial charge in [0.15, 0.2) is 0 Å². The van der Waals surface area contributed by atoms with Gasteiger partial charge < -0.3 is 10.1 Å². The van der Waals surface area contributed by atoms with Crippen molar-refractivity contribution in [3.8, 4) is 0 Å². The van der Waals surface area contributed by atoms with E-state index in [0.717, 1.165) is 31.2 Å². The van der Waals surface area contributed by atoms with Gasteiger partial charge in [0.25, 0.3) is 0 Å². The lowest BCUT2D eigenvalue weighted by Gasteiger charge is -2.20. The van der Waals surface area contributed by atoms with Crippen molar-refractivity contribution in [3.05, 3.63) is 23.8 Å². The van der Waals surface area contributed by atoms with E-state index in [1.165, 1.54) is 25.0 Å². The summed E-state index contributed by atoms with van der Waals surface area (Å²) < 4.78 is 5.00. The number of hydrogen-bond donors (Lipinski definition) is 1. The molecule has 0 aromatic carbocycles. The molecule has 1 saturated heterocycles. The highest BCUT2D eigenvalue weighted by atomic mass is 32.2. The third-order valence-corrected chi connectivity index (χ3v) is 4.36. The van der Waals surface area contributed by atoms with Crippen molar-refractivity contribution >= 4 is 11.8 Å². The molecule has 1 unspecified atom stereocenters. The molecule has 100 valence electrons. The fourth-order valence-electron chi connectivity index (χ4n) is 2.00. The van der Waals surface area contributed by atoms with Crippen molar-refractivity contribution in [2.45, 2.75) is 31.1 Å². The molecule has 1 atom stereocenters. The normalized spacial score (nSPS) is 19.9. The summed E-state index contributed by atoms with van der Waals surface area (Å²) >= 11 is 1.99. The van der Waals surface area contributed by atoms with Gasteiger partial charge in [-0.25, -0.2) is 9.97 Å². The zero-order valence-electron chi connectivity index (χ0n) is 10.9. The first kappa shape index (κ1) is 13.8. The average molecular weight is 267 g/mol. The Balaban J connectivity index is 1.88. The van der Waals surface area contributed by atoms with Crippen LogP contribution in [-0.4, -0.2) is 36.0 Å². The minimum atomic E-state index is 0.498. The molecule has 4 nitrogen and oxygen atoms in total. The van der Waals surface area contributed by atoms with Gasteiger partial charge in [0.1, 0.15) is 5.82 Å². The molecule has 0 aliphatic carbocycles. The van der Waals surface area contributed by atoms with Crippen molar-refractivity contribution < 1.29 is 4.74 Å². The Morgan fingerprint density at radius 2 is 2.44 bits per heavy atom. The Labute approximate surface area is 113 Å². The van der Waals surface area contributed by atoms with Crippen LogP contribution in [0.15, 0.2) is 12.3 Å². The van der Waals surface area contributed by atoms with E-state index < -0.39 is 0 Å². The van der Waals surface area contributed by atoms with E-state index in [9.17, 15) is 0 Å². The third-order valence-electron chi connectivity index (χ3n) is 2.99. The molecular weight excluding hydrogens is 246 g/mol. The highest BCUT2D eigenvalue weighted by molar-refractivity contribution is 7.99. The van der Waals surface area contributed by atoms with Gasteiger partial charge in [-0.2, -0.15) is 11.8 Å². The second-order valence-electron chi connectivity index (χ2n) is 4.43. The van der Waals surface area contributed by atoms with Crippen LogP contribution in [0.4, 0.5) is 0 Å². The van der Waals surface area contributed by atoms with Crippen LogP contribution in [0.2, 0.25) is 0 Å². The molecule has 1 aromatic heterocycles. The van der Waals surface area contributed by atoms with E-state index >= 15 is 0 Å². The first-order chi connectivity index (χ1) is 8.90. The van der Waals surface area contributed by atoms with Gasteiger partial charge in [-0.15, -0.1) is 0 Å². The summed E-state index contributed by atoms with van der Waals surface area (Å²) in [5.74, 6) is 2.25. The Morgan fingerprint density at radius 1 is 1.50 bits per heavy atom. The molecule has 2 heterocycles. The van der Waals surface area contributed by atoms with Crippen LogP contribution in [-0.2, 0) is 11.3 Å². The Hall–Kier alpha value is -0.650. The van der Waals surface area contributed by atoms with E-state index in [0.29, 0.717) is 5.25 Å². The van der Waals surface area contributed by atoms with E-state index in [1.54, 1.807) is 7.11 Å². The molecule has 1 fully saturated rings. The topological polar surface area (TPSA) is 47.0 Å². The molecule has 5 heteroatoms. The van der Waals surface area contributed by atoms with Gasteiger partial charge >= 0.3 is 0 Å². The molecule has 1 N–H and O–H groups in total. The first-order valence-electron chi connectivity index (χ1n) is 6.53. The Bertz CT molecular complexity index is 356. The van der Waals surface area contributed by atoms with Crippen LogP contribution < -0.4 is 5.32 Å². The molecule has 0 bridgehead atoms. The van der Waals surface area contributed by atoms with Gasteiger partial charge in [0, 0.05) is 26.4 Å². The van der Waals surface area contributed by atoms with Crippen molar-refractivity contribution in [1.29, 1.82) is 0 Å². The van der Waals surface area contributed by atoms with Gasteiger partial charge in [-0.1, -0.05) is 6.42 Å². The summed E-state index contributed by atoms with van der Waals surface area (Å²) in [5, 5.41) is 3.81. The number of nitrogens with zero attached hydrogens (tertiary/aromatic N) is 2. The van der Waals surface area contributed by atoms with E-state index in [1.807, 2.05) is 24.0 Å². The summed E-state index contributed by atoms with van der Waals surface area (Å²) in [7, 11) is 1.71. The maximum atomic E-state index is 5.00. The number of ether oxygens (including phenoxy) is 1. The third kappa shape index (κ3) is 4.23. The van der Waals surface area contributed by atoms with Crippen LogP contribution in [0, 0.1) is 0 Å². The van der Waals surface area contributed by atoms with Crippen LogP contribution in [0.3, 0.4) is 0 Å². The minimum absolute atomic E-state index is 0.498. The number of thioether (sulfide) groups is 1. The van der Waals surface area contributed by atoms with Gasteiger partial charge in [0.2, 0.25) is 0 Å². The maximum absolute atomic E-state index is 5.00. The average Bonchev–Trinajstić information content (AvgIpc) is 2.45. The molecule has 1 aromatic rings. The van der Waals surface area contributed by atoms with Gasteiger partial charge in [-0.05, 0) is 24.7 Å². The highest BCUT2D eigenvalue weighted by Gasteiger charge is 2.18. The molecule has 1 aliphatic rings.